The number of hydrogen-bond donors (Lipinski definition) is 2. The third kappa shape index (κ3) is 2.98. The van der Waals surface area contributed by atoms with Crippen LogP contribution in [-0.2, 0) is 10.3 Å². The Kier molecular flexibility index (Phi) is 3.62. The van der Waals surface area contributed by atoms with Crippen LogP contribution in [0.5, 0.6) is 0 Å². The lowest BCUT2D eigenvalue weighted by atomic mass is 9.92. The maximum absolute atomic E-state index is 12.3. The zero-order valence-corrected chi connectivity index (χ0v) is 11.1. The number of benzene rings is 1. The molecule has 0 aliphatic rings. The molecule has 4 heteroatoms. The van der Waals surface area contributed by atoms with Crippen molar-refractivity contribution in [1.29, 1.82) is 0 Å². The number of aromatic nitrogens is 1. The van der Waals surface area contributed by atoms with E-state index in [0.717, 1.165) is 11.1 Å². The molecule has 0 spiro atoms. The summed E-state index contributed by atoms with van der Waals surface area (Å²) >= 11 is 0. The molecule has 2 rings (SSSR count). The number of nitrogens with two attached hydrogens (primary N) is 1. The van der Waals surface area contributed by atoms with Crippen molar-refractivity contribution in [3.8, 4) is 0 Å². The van der Waals surface area contributed by atoms with E-state index in [2.05, 4.69) is 10.3 Å². The number of anilines is 1. The lowest BCUT2D eigenvalue weighted by molar-refractivity contribution is -0.120. The maximum atomic E-state index is 12.3. The highest BCUT2D eigenvalue weighted by Crippen LogP contribution is 2.19. The average molecular weight is 255 g/mol. The zero-order valence-electron chi connectivity index (χ0n) is 11.1. The zero-order chi connectivity index (χ0) is 13.9. The number of carbonyl (C=O) groups excluding carboxylic acids is 1. The first-order chi connectivity index (χ1) is 9.00. The summed E-state index contributed by atoms with van der Waals surface area (Å²) in [6.45, 7) is 3.61. The third-order valence-corrected chi connectivity index (χ3v) is 2.98. The molecule has 0 radical (unpaired) electrons. The van der Waals surface area contributed by atoms with Gasteiger partial charge in [0.15, 0.2) is 0 Å². The Morgan fingerprint density at radius 3 is 2.58 bits per heavy atom. The van der Waals surface area contributed by atoms with Crippen LogP contribution in [0.1, 0.15) is 18.1 Å². The lowest BCUT2D eigenvalue weighted by Gasteiger charge is -2.24. The van der Waals surface area contributed by atoms with Gasteiger partial charge in [-0.05, 0) is 31.0 Å². The Bertz CT molecular complexity index is 579. The van der Waals surface area contributed by atoms with E-state index in [-0.39, 0.29) is 5.91 Å². The van der Waals surface area contributed by atoms with Crippen molar-refractivity contribution < 1.29 is 4.79 Å². The van der Waals surface area contributed by atoms with Crippen LogP contribution in [0.3, 0.4) is 0 Å². The fraction of sp³-hybridized carbons (Fsp3) is 0.200. The van der Waals surface area contributed by atoms with Crippen molar-refractivity contribution in [2.75, 3.05) is 5.32 Å². The SMILES string of the molecule is Cc1cncc(NC(=O)C(C)(N)c2ccccc2)c1. The van der Waals surface area contributed by atoms with E-state index in [4.69, 9.17) is 5.73 Å². The van der Waals surface area contributed by atoms with E-state index in [1.807, 2.05) is 43.3 Å². The quantitative estimate of drug-likeness (QED) is 0.883. The van der Waals surface area contributed by atoms with Crippen LogP contribution in [0.4, 0.5) is 5.69 Å². The molecule has 0 saturated carbocycles. The predicted molar refractivity (Wildman–Crippen MR) is 75.6 cm³/mol. The van der Waals surface area contributed by atoms with E-state index in [9.17, 15) is 4.79 Å². The van der Waals surface area contributed by atoms with Crippen LogP contribution in [0, 0.1) is 6.92 Å². The van der Waals surface area contributed by atoms with E-state index >= 15 is 0 Å². The molecule has 3 N–H and O–H groups in total. The molecule has 2 aromatic rings. The highest BCUT2D eigenvalue weighted by atomic mass is 16.2. The molecule has 0 saturated heterocycles. The fourth-order valence-corrected chi connectivity index (χ4v) is 1.80. The standard InChI is InChI=1S/C15H17N3O/c1-11-8-13(10-17-9-11)18-14(19)15(2,16)12-6-4-3-5-7-12/h3-10H,16H2,1-2H3,(H,18,19). The maximum Gasteiger partial charge on any atom is 0.248 e. The molecule has 19 heavy (non-hydrogen) atoms. The average Bonchev–Trinajstić information content (AvgIpc) is 2.39. The van der Waals surface area contributed by atoms with Gasteiger partial charge < -0.3 is 11.1 Å². The Labute approximate surface area is 112 Å². The van der Waals surface area contributed by atoms with Gasteiger partial charge in [-0.1, -0.05) is 30.3 Å². The van der Waals surface area contributed by atoms with Crippen LogP contribution in [0.2, 0.25) is 0 Å². The van der Waals surface area contributed by atoms with Crippen molar-refractivity contribution >= 4 is 11.6 Å². The summed E-state index contributed by atoms with van der Waals surface area (Å²) in [6.07, 6.45) is 3.33. The molecule has 0 aliphatic heterocycles. The monoisotopic (exact) mass is 255 g/mol. The van der Waals surface area contributed by atoms with Gasteiger partial charge in [-0.25, -0.2) is 0 Å². The van der Waals surface area contributed by atoms with Gasteiger partial charge in [-0.3, -0.25) is 9.78 Å². The number of amides is 1. The molecule has 1 amide bonds. The van der Waals surface area contributed by atoms with Crippen molar-refractivity contribution in [1.82, 2.24) is 4.98 Å². The van der Waals surface area contributed by atoms with E-state index in [1.54, 1.807) is 19.3 Å². The fourth-order valence-electron chi connectivity index (χ4n) is 1.80. The molecule has 1 unspecified atom stereocenters. The Balaban J connectivity index is 2.20. The minimum absolute atomic E-state index is 0.258. The van der Waals surface area contributed by atoms with Crippen LogP contribution in [0.25, 0.3) is 0 Å². The normalized spacial score (nSPS) is 13.6. The van der Waals surface area contributed by atoms with Gasteiger partial charge in [0, 0.05) is 6.20 Å². The number of nitrogens with zero attached hydrogens (tertiary/aromatic N) is 1. The summed E-state index contributed by atoms with van der Waals surface area (Å²) in [7, 11) is 0. The number of rotatable bonds is 3. The lowest BCUT2D eigenvalue weighted by Crippen LogP contribution is -2.45. The van der Waals surface area contributed by atoms with Gasteiger partial charge >= 0.3 is 0 Å². The van der Waals surface area contributed by atoms with Crippen LogP contribution < -0.4 is 11.1 Å². The van der Waals surface area contributed by atoms with Crippen molar-refractivity contribution in [3.63, 3.8) is 0 Å². The molecule has 1 aromatic heterocycles. The second-order valence-corrected chi connectivity index (χ2v) is 4.77. The molecule has 4 nitrogen and oxygen atoms in total. The molecule has 0 fully saturated rings. The molecule has 1 aromatic carbocycles. The molecule has 1 heterocycles. The van der Waals surface area contributed by atoms with E-state index in [0.29, 0.717) is 5.69 Å². The van der Waals surface area contributed by atoms with Gasteiger partial charge in [-0.15, -0.1) is 0 Å². The van der Waals surface area contributed by atoms with Gasteiger partial charge in [0.25, 0.3) is 0 Å². The summed E-state index contributed by atoms with van der Waals surface area (Å²) in [5.41, 5.74) is 7.46. The Morgan fingerprint density at radius 1 is 1.26 bits per heavy atom. The summed E-state index contributed by atoms with van der Waals surface area (Å²) in [4.78, 5) is 16.3. The summed E-state index contributed by atoms with van der Waals surface area (Å²) < 4.78 is 0. The van der Waals surface area contributed by atoms with Gasteiger partial charge in [0.05, 0.1) is 11.9 Å². The Morgan fingerprint density at radius 2 is 1.95 bits per heavy atom. The second-order valence-electron chi connectivity index (χ2n) is 4.77. The molecule has 0 bridgehead atoms. The smallest absolute Gasteiger partial charge is 0.248 e. The number of aryl methyl sites for hydroxylation is 1. The first kappa shape index (κ1) is 13.2. The summed E-state index contributed by atoms with van der Waals surface area (Å²) in [5.74, 6) is -0.258. The Hall–Kier alpha value is -2.20. The molecule has 98 valence electrons. The molecular formula is C15H17N3O. The van der Waals surface area contributed by atoms with Gasteiger partial charge in [0.1, 0.15) is 5.54 Å². The molecule has 1 atom stereocenters. The van der Waals surface area contributed by atoms with Crippen LogP contribution >= 0.6 is 0 Å². The summed E-state index contributed by atoms with van der Waals surface area (Å²) in [6, 6.07) is 11.2. The summed E-state index contributed by atoms with van der Waals surface area (Å²) in [5, 5.41) is 2.80. The topological polar surface area (TPSA) is 68.0 Å². The van der Waals surface area contributed by atoms with Gasteiger partial charge in [0.2, 0.25) is 5.91 Å². The van der Waals surface area contributed by atoms with Gasteiger partial charge in [-0.2, -0.15) is 0 Å². The highest BCUT2D eigenvalue weighted by Gasteiger charge is 2.30. The van der Waals surface area contributed by atoms with Crippen LogP contribution in [0.15, 0.2) is 48.8 Å². The highest BCUT2D eigenvalue weighted by molar-refractivity contribution is 5.98. The third-order valence-electron chi connectivity index (χ3n) is 2.98. The largest absolute Gasteiger partial charge is 0.323 e. The minimum Gasteiger partial charge on any atom is -0.323 e. The first-order valence-corrected chi connectivity index (χ1v) is 6.07. The number of nitrogens with one attached hydrogen (secondary N) is 1. The van der Waals surface area contributed by atoms with Crippen molar-refractivity contribution in [2.45, 2.75) is 19.4 Å². The van der Waals surface area contributed by atoms with E-state index < -0.39 is 5.54 Å². The number of pyridine rings is 1. The van der Waals surface area contributed by atoms with Crippen molar-refractivity contribution in [3.05, 3.63) is 59.9 Å². The second kappa shape index (κ2) is 5.20. The minimum atomic E-state index is -1.08. The van der Waals surface area contributed by atoms with E-state index in [1.165, 1.54) is 0 Å². The number of hydrogen-bond acceptors (Lipinski definition) is 3. The molecule has 0 aliphatic carbocycles. The van der Waals surface area contributed by atoms with Crippen LogP contribution in [-0.4, -0.2) is 10.9 Å². The number of carbonyl (C=O) groups is 1. The molecular weight excluding hydrogens is 238 g/mol. The predicted octanol–water partition coefficient (Wildman–Crippen LogP) is 2.20. The van der Waals surface area contributed by atoms with Crippen molar-refractivity contribution in [2.24, 2.45) is 5.73 Å². The first-order valence-electron chi connectivity index (χ1n) is 6.07.